The Bertz CT molecular complexity index is 1750. The Hall–Kier alpha value is -4.45. The van der Waals surface area contributed by atoms with E-state index in [4.69, 9.17) is 14.2 Å². The van der Waals surface area contributed by atoms with Crippen molar-refractivity contribution in [3.63, 3.8) is 0 Å². The minimum absolute atomic E-state index is 0.102. The number of hydrogen-bond donors (Lipinski definition) is 0. The molecule has 1 atom stereocenters. The maximum absolute atomic E-state index is 12.9. The van der Waals surface area contributed by atoms with Gasteiger partial charge in [0, 0.05) is 19.3 Å². The van der Waals surface area contributed by atoms with E-state index in [9.17, 15) is 14.4 Å². The lowest BCUT2D eigenvalue weighted by molar-refractivity contribution is -0.166. The molecule has 1 unspecified atom stereocenters. The number of carbonyl (C=O) groups excluding carboxylic acids is 3. The van der Waals surface area contributed by atoms with Crippen molar-refractivity contribution in [3.05, 3.63) is 134 Å². The molecule has 472 valence electrons. The maximum atomic E-state index is 12.9. The molecule has 6 heteroatoms. The Labute approximate surface area is 513 Å². The topological polar surface area (TPSA) is 78.9 Å². The molecule has 0 heterocycles. The summed E-state index contributed by atoms with van der Waals surface area (Å²) in [5, 5.41) is 0. The Kier molecular flexibility index (Phi) is 66.3. The normalized spacial score (nSPS) is 13.0. The fraction of sp³-hybridized carbons (Fsp3) is 0.675. The zero-order valence-corrected chi connectivity index (χ0v) is 54.2. The highest BCUT2D eigenvalue weighted by Gasteiger charge is 2.19. The highest BCUT2D eigenvalue weighted by molar-refractivity contribution is 5.71. The summed E-state index contributed by atoms with van der Waals surface area (Å²) in [5.41, 5.74) is 0. The first-order valence-electron chi connectivity index (χ1n) is 34.7. The van der Waals surface area contributed by atoms with Crippen molar-refractivity contribution in [3.8, 4) is 0 Å². The van der Waals surface area contributed by atoms with Crippen molar-refractivity contribution in [2.45, 2.75) is 322 Å². The molecule has 0 aromatic rings. The Morgan fingerprint density at radius 1 is 0.253 bits per heavy atom. The summed E-state index contributed by atoms with van der Waals surface area (Å²) in [4.78, 5) is 38.3. The van der Waals surface area contributed by atoms with E-state index in [1.807, 2.05) is 6.08 Å². The summed E-state index contributed by atoms with van der Waals surface area (Å²) in [7, 11) is 0. The fourth-order valence-corrected chi connectivity index (χ4v) is 9.52. The summed E-state index contributed by atoms with van der Waals surface area (Å²) in [6.07, 6.45) is 99.3. The van der Waals surface area contributed by atoms with E-state index in [1.54, 1.807) is 0 Å². The molecule has 0 spiro atoms. The Morgan fingerprint density at radius 2 is 0.494 bits per heavy atom. The first kappa shape index (κ1) is 78.5. The average Bonchev–Trinajstić information content (AvgIpc) is 3.49. The minimum Gasteiger partial charge on any atom is -0.462 e. The van der Waals surface area contributed by atoms with Crippen molar-refractivity contribution in [2.24, 2.45) is 0 Å². The van der Waals surface area contributed by atoms with Gasteiger partial charge in [-0.05, 0) is 122 Å². The lowest BCUT2D eigenvalue weighted by Gasteiger charge is -2.18. The lowest BCUT2D eigenvalue weighted by Crippen LogP contribution is -2.30. The Balaban J connectivity index is 4.24. The molecule has 0 aliphatic heterocycles. The van der Waals surface area contributed by atoms with Gasteiger partial charge in [-0.1, -0.05) is 309 Å². The van der Waals surface area contributed by atoms with Crippen molar-refractivity contribution >= 4 is 17.9 Å². The van der Waals surface area contributed by atoms with Crippen LogP contribution in [0.5, 0.6) is 0 Å². The smallest absolute Gasteiger partial charge is 0.306 e. The van der Waals surface area contributed by atoms with Crippen molar-refractivity contribution in [1.29, 1.82) is 0 Å². The summed E-state index contributed by atoms with van der Waals surface area (Å²) in [6, 6.07) is 0. The molecule has 0 rings (SSSR count). The van der Waals surface area contributed by atoms with Crippen LogP contribution < -0.4 is 0 Å². The third kappa shape index (κ3) is 68.2. The molecule has 0 fully saturated rings. The SMILES string of the molecule is CC/C=C\C/C=C\C/C=C\C/C=C\C/C=C\CCCCCCCCCCCCCCCCCCCC(=O)OCC(COC(=O)CC/C=C\C/C=C\C/C=C\C/C=C\CC)OC(=O)CCCCCCCCCCC/C=C\C/C=C\CCCCC. The zero-order valence-electron chi connectivity index (χ0n) is 54.2. The van der Waals surface area contributed by atoms with Gasteiger partial charge >= 0.3 is 17.9 Å². The second kappa shape index (κ2) is 70.0. The predicted octanol–water partition coefficient (Wildman–Crippen LogP) is 24.1. The van der Waals surface area contributed by atoms with Crippen molar-refractivity contribution < 1.29 is 28.6 Å². The highest BCUT2D eigenvalue weighted by atomic mass is 16.6. The van der Waals surface area contributed by atoms with Gasteiger partial charge in [-0.2, -0.15) is 0 Å². The van der Waals surface area contributed by atoms with Crippen LogP contribution in [0.25, 0.3) is 0 Å². The maximum Gasteiger partial charge on any atom is 0.306 e. The van der Waals surface area contributed by atoms with Gasteiger partial charge in [0.2, 0.25) is 0 Å². The number of allylic oxidation sites excluding steroid dienone is 22. The molecule has 0 bridgehead atoms. The lowest BCUT2D eigenvalue weighted by atomic mass is 10.0. The van der Waals surface area contributed by atoms with Crippen molar-refractivity contribution in [2.75, 3.05) is 13.2 Å². The summed E-state index contributed by atoms with van der Waals surface area (Å²) < 4.78 is 16.9. The molecule has 0 aromatic heterocycles. The van der Waals surface area contributed by atoms with E-state index in [-0.39, 0.29) is 37.5 Å². The molecule has 0 saturated carbocycles. The van der Waals surface area contributed by atoms with Gasteiger partial charge in [-0.15, -0.1) is 0 Å². The van der Waals surface area contributed by atoms with E-state index < -0.39 is 6.10 Å². The van der Waals surface area contributed by atoms with Gasteiger partial charge in [-0.3, -0.25) is 14.4 Å². The van der Waals surface area contributed by atoms with Crippen LogP contribution in [0.15, 0.2) is 134 Å². The quantitative estimate of drug-likeness (QED) is 0.0261. The summed E-state index contributed by atoms with van der Waals surface area (Å²) >= 11 is 0. The third-order valence-corrected chi connectivity index (χ3v) is 14.6. The molecule has 0 amide bonds. The van der Waals surface area contributed by atoms with Crippen LogP contribution in [0.2, 0.25) is 0 Å². The van der Waals surface area contributed by atoms with E-state index in [0.717, 1.165) is 103 Å². The predicted molar refractivity (Wildman–Crippen MR) is 362 cm³/mol. The van der Waals surface area contributed by atoms with Gasteiger partial charge in [0.1, 0.15) is 13.2 Å². The number of ether oxygens (including phenoxy) is 3. The number of carbonyl (C=O) groups is 3. The first-order chi connectivity index (χ1) is 41.0. The molecule has 0 aliphatic carbocycles. The monoisotopic (exact) mass is 1150 g/mol. The zero-order chi connectivity index (χ0) is 59.9. The third-order valence-electron chi connectivity index (χ3n) is 14.6. The number of esters is 3. The number of unbranched alkanes of at least 4 members (excludes halogenated alkanes) is 29. The highest BCUT2D eigenvalue weighted by Crippen LogP contribution is 2.17. The number of rotatable bonds is 62. The van der Waals surface area contributed by atoms with Crippen LogP contribution in [-0.2, 0) is 28.6 Å². The van der Waals surface area contributed by atoms with Crippen LogP contribution in [0, 0.1) is 0 Å². The van der Waals surface area contributed by atoms with E-state index in [1.165, 1.54) is 167 Å². The van der Waals surface area contributed by atoms with E-state index >= 15 is 0 Å². The average molecular weight is 1150 g/mol. The van der Waals surface area contributed by atoms with Crippen LogP contribution in [-0.4, -0.2) is 37.2 Å². The summed E-state index contributed by atoms with van der Waals surface area (Å²) in [6.45, 7) is 6.34. The summed E-state index contributed by atoms with van der Waals surface area (Å²) in [5.74, 6) is -0.984. The van der Waals surface area contributed by atoms with Crippen LogP contribution in [0.3, 0.4) is 0 Å². The van der Waals surface area contributed by atoms with Gasteiger partial charge < -0.3 is 14.2 Å². The fourth-order valence-electron chi connectivity index (χ4n) is 9.52. The second-order valence-corrected chi connectivity index (χ2v) is 22.7. The largest absolute Gasteiger partial charge is 0.462 e. The Morgan fingerprint density at radius 3 is 0.807 bits per heavy atom. The molecule has 83 heavy (non-hydrogen) atoms. The van der Waals surface area contributed by atoms with Gasteiger partial charge in [0.15, 0.2) is 6.10 Å². The molecule has 0 aromatic carbocycles. The molecular weight excluding hydrogens is 1020 g/mol. The molecule has 0 N–H and O–H groups in total. The van der Waals surface area contributed by atoms with Gasteiger partial charge in [0.25, 0.3) is 0 Å². The number of hydrogen-bond acceptors (Lipinski definition) is 6. The molecule has 0 saturated heterocycles. The standard InChI is InChI=1S/C77H128O6/c1-4-7-10-13-16-19-22-25-27-29-31-32-33-34-35-36-37-38-39-40-41-42-43-44-46-47-49-52-55-58-61-64-67-70-76(79)82-73-74(72-81-75(78)69-66-63-60-57-54-51-24-21-18-15-12-9-6-3)83-77(80)71-68-65-62-59-56-53-50-48-45-30-28-26-23-20-17-14-11-8-5-2/h7,9-10,12,16-21,25-28,31-32,34-35,51,54,60,63,74H,4-6,8,11,13-15,22-24,29-30,33,36-50,52-53,55-59,61-62,64-73H2,1-3H3/b10-7-,12-9-,19-16-,20-17-,21-18-,27-25-,28-26-,32-31-,35-34-,54-51-,63-60-. The van der Waals surface area contributed by atoms with Crippen molar-refractivity contribution in [1.82, 2.24) is 0 Å². The second-order valence-electron chi connectivity index (χ2n) is 22.7. The molecular formula is C77H128O6. The van der Waals surface area contributed by atoms with Gasteiger partial charge in [0.05, 0.1) is 0 Å². The first-order valence-corrected chi connectivity index (χ1v) is 34.7. The molecule has 0 aliphatic rings. The van der Waals surface area contributed by atoms with E-state index in [2.05, 4.69) is 148 Å². The van der Waals surface area contributed by atoms with Crippen LogP contribution in [0.1, 0.15) is 316 Å². The van der Waals surface area contributed by atoms with Crippen LogP contribution >= 0.6 is 0 Å². The van der Waals surface area contributed by atoms with E-state index in [0.29, 0.717) is 19.3 Å². The molecule has 6 nitrogen and oxygen atoms in total. The van der Waals surface area contributed by atoms with Gasteiger partial charge in [-0.25, -0.2) is 0 Å². The van der Waals surface area contributed by atoms with Crippen LogP contribution in [0.4, 0.5) is 0 Å². The minimum atomic E-state index is -0.813. The molecule has 0 radical (unpaired) electrons.